The summed E-state index contributed by atoms with van der Waals surface area (Å²) in [5, 5.41) is 3.11. The lowest BCUT2D eigenvalue weighted by Crippen LogP contribution is -2.36. The molecular weight excluding hydrogens is 417 g/mol. The van der Waals surface area contributed by atoms with E-state index in [1.54, 1.807) is 20.8 Å². The SMILES string of the molecule is CCn1c(C2=CNC(C)=NC2)nc2c(OC3CN(C(=O)OC(C)(C)C)CC3F)ncnc21. The number of carbonyl (C=O) groups excluding carboxylic acids is 1. The third kappa shape index (κ3) is 4.37. The number of likely N-dealkylation sites (tertiary alicyclic amines) is 1. The number of halogens is 1. The van der Waals surface area contributed by atoms with Gasteiger partial charge in [-0.1, -0.05) is 0 Å². The van der Waals surface area contributed by atoms with Crippen molar-refractivity contribution in [3.8, 4) is 5.88 Å². The first-order valence-electron chi connectivity index (χ1n) is 10.6. The van der Waals surface area contributed by atoms with Crippen LogP contribution < -0.4 is 10.1 Å². The van der Waals surface area contributed by atoms with Crippen molar-refractivity contribution in [2.75, 3.05) is 19.6 Å². The summed E-state index contributed by atoms with van der Waals surface area (Å²) in [5.41, 5.74) is 1.29. The number of rotatable bonds is 4. The van der Waals surface area contributed by atoms with Crippen LogP contribution in [0.3, 0.4) is 0 Å². The molecule has 2 atom stereocenters. The van der Waals surface area contributed by atoms with Gasteiger partial charge in [-0.15, -0.1) is 0 Å². The van der Waals surface area contributed by atoms with Crippen molar-refractivity contribution in [3.05, 3.63) is 18.4 Å². The van der Waals surface area contributed by atoms with E-state index in [0.717, 1.165) is 11.4 Å². The van der Waals surface area contributed by atoms with E-state index < -0.39 is 24.0 Å². The van der Waals surface area contributed by atoms with Crippen molar-refractivity contribution in [2.45, 2.75) is 59.0 Å². The number of amides is 1. The van der Waals surface area contributed by atoms with E-state index in [4.69, 9.17) is 14.5 Å². The Morgan fingerprint density at radius 2 is 2.09 bits per heavy atom. The highest BCUT2D eigenvalue weighted by Gasteiger charge is 2.39. The third-order valence-electron chi connectivity index (χ3n) is 5.16. The normalized spacial score (nSPS) is 21.2. The van der Waals surface area contributed by atoms with E-state index in [1.807, 2.05) is 24.6 Å². The highest BCUT2D eigenvalue weighted by atomic mass is 19.1. The first-order valence-corrected chi connectivity index (χ1v) is 10.6. The largest absolute Gasteiger partial charge is 0.468 e. The molecule has 0 saturated carbocycles. The Morgan fingerprint density at radius 3 is 2.75 bits per heavy atom. The summed E-state index contributed by atoms with van der Waals surface area (Å²) in [5.74, 6) is 1.72. The minimum atomic E-state index is -1.37. The summed E-state index contributed by atoms with van der Waals surface area (Å²) >= 11 is 0. The van der Waals surface area contributed by atoms with Gasteiger partial charge in [-0.3, -0.25) is 4.99 Å². The van der Waals surface area contributed by atoms with Crippen LogP contribution in [0, 0.1) is 0 Å². The molecule has 2 aliphatic rings. The van der Waals surface area contributed by atoms with Gasteiger partial charge in [0.1, 0.15) is 17.8 Å². The highest BCUT2D eigenvalue weighted by Crippen LogP contribution is 2.29. The van der Waals surface area contributed by atoms with Crippen LogP contribution >= 0.6 is 0 Å². The first kappa shape index (κ1) is 22.0. The van der Waals surface area contributed by atoms with Crippen LogP contribution in [0.15, 0.2) is 17.5 Å². The standard InChI is InChI=1S/C21H28FN7O3/c1-6-29-17(13-7-23-12(2)24-8-13)27-16-18(29)25-11-26-19(16)31-15-10-28(9-14(15)22)20(30)32-21(3,4)5/h7,11,14-15H,6,8-10H2,1-5H3,(H,23,24). The quantitative estimate of drug-likeness (QED) is 0.771. The van der Waals surface area contributed by atoms with Gasteiger partial charge in [0.15, 0.2) is 23.4 Å². The van der Waals surface area contributed by atoms with Crippen LogP contribution in [0.1, 0.15) is 40.4 Å². The average molecular weight is 445 g/mol. The number of amidine groups is 1. The number of aromatic nitrogens is 4. The van der Waals surface area contributed by atoms with Gasteiger partial charge in [-0.25, -0.2) is 19.2 Å². The van der Waals surface area contributed by atoms with Gasteiger partial charge in [-0.2, -0.15) is 4.98 Å². The number of carbonyl (C=O) groups is 1. The van der Waals surface area contributed by atoms with E-state index in [0.29, 0.717) is 30.1 Å². The van der Waals surface area contributed by atoms with Gasteiger partial charge in [0.25, 0.3) is 0 Å². The number of ether oxygens (including phenoxy) is 2. The van der Waals surface area contributed by atoms with E-state index >= 15 is 0 Å². The van der Waals surface area contributed by atoms with E-state index in [-0.39, 0.29) is 19.0 Å². The van der Waals surface area contributed by atoms with Crippen LogP contribution in [0.25, 0.3) is 16.7 Å². The van der Waals surface area contributed by atoms with Crippen LogP contribution in [0.4, 0.5) is 9.18 Å². The van der Waals surface area contributed by atoms with E-state index in [2.05, 4.69) is 20.3 Å². The monoisotopic (exact) mass is 445 g/mol. The molecule has 2 aromatic heterocycles. The fourth-order valence-electron chi connectivity index (χ4n) is 3.63. The van der Waals surface area contributed by atoms with Crippen molar-refractivity contribution in [1.82, 2.24) is 29.7 Å². The Balaban J connectivity index is 1.58. The maximum Gasteiger partial charge on any atom is 0.410 e. The summed E-state index contributed by atoms with van der Waals surface area (Å²) in [6, 6.07) is 0. The fraction of sp³-hybridized carbons (Fsp3) is 0.571. The maximum absolute atomic E-state index is 14.7. The fourth-order valence-corrected chi connectivity index (χ4v) is 3.63. The molecule has 1 amide bonds. The van der Waals surface area contributed by atoms with Gasteiger partial charge in [0.05, 0.1) is 25.5 Å². The number of aryl methyl sites for hydroxylation is 1. The van der Waals surface area contributed by atoms with Gasteiger partial charge < -0.3 is 24.3 Å². The molecule has 1 N–H and O–H groups in total. The highest BCUT2D eigenvalue weighted by molar-refractivity contribution is 5.87. The molecule has 10 nitrogen and oxygen atoms in total. The molecule has 2 aliphatic heterocycles. The van der Waals surface area contributed by atoms with Crippen molar-refractivity contribution >= 4 is 28.7 Å². The number of aliphatic imine (C=N–C) groups is 1. The zero-order valence-corrected chi connectivity index (χ0v) is 18.9. The second kappa shape index (κ2) is 8.36. The molecule has 1 fully saturated rings. The van der Waals surface area contributed by atoms with Gasteiger partial charge in [0.2, 0.25) is 5.88 Å². The van der Waals surface area contributed by atoms with Crippen molar-refractivity contribution in [1.29, 1.82) is 0 Å². The second-order valence-electron chi connectivity index (χ2n) is 8.80. The van der Waals surface area contributed by atoms with Crippen LogP contribution in [-0.4, -0.2) is 73.9 Å². The predicted octanol–water partition coefficient (Wildman–Crippen LogP) is 2.54. The minimum Gasteiger partial charge on any atom is -0.468 e. The van der Waals surface area contributed by atoms with Gasteiger partial charge in [0, 0.05) is 18.3 Å². The topological polar surface area (TPSA) is 107 Å². The zero-order chi connectivity index (χ0) is 23.0. The molecule has 0 bridgehead atoms. The Labute approximate surface area is 185 Å². The maximum atomic E-state index is 14.7. The molecular formula is C21H28FN7O3. The molecule has 2 aromatic rings. The lowest BCUT2D eigenvalue weighted by molar-refractivity contribution is 0.0273. The Morgan fingerprint density at radius 1 is 1.31 bits per heavy atom. The molecule has 32 heavy (non-hydrogen) atoms. The average Bonchev–Trinajstić information content (AvgIpc) is 3.28. The van der Waals surface area contributed by atoms with Crippen LogP contribution in [-0.2, 0) is 11.3 Å². The minimum absolute atomic E-state index is 0.0615. The van der Waals surface area contributed by atoms with Crippen molar-refractivity contribution < 1.29 is 18.7 Å². The lowest BCUT2D eigenvalue weighted by atomic mass is 10.2. The number of hydrogen-bond donors (Lipinski definition) is 1. The van der Waals surface area contributed by atoms with Crippen LogP contribution in [0.2, 0.25) is 0 Å². The Bertz CT molecular complexity index is 1090. The van der Waals surface area contributed by atoms with Crippen molar-refractivity contribution in [2.24, 2.45) is 4.99 Å². The summed E-state index contributed by atoms with van der Waals surface area (Å²) in [6.07, 6.45) is 0.432. The Kier molecular flexibility index (Phi) is 5.74. The molecule has 4 rings (SSSR count). The summed E-state index contributed by atoms with van der Waals surface area (Å²) in [6.45, 7) is 10.3. The van der Waals surface area contributed by atoms with Crippen LogP contribution in [0.5, 0.6) is 5.88 Å². The Hall–Kier alpha value is -3.24. The van der Waals surface area contributed by atoms with E-state index in [1.165, 1.54) is 11.2 Å². The molecule has 1 saturated heterocycles. The number of nitrogens with one attached hydrogen (secondary N) is 1. The van der Waals surface area contributed by atoms with Crippen molar-refractivity contribution in [3.63, 3.8) is 0 Å². The summed E-state index contributed by atoms with van der Waals surface area (Å²) in [7, 11) is 0. The lowest BCUT2D eigenvalue weighted by Gasteiger charge is -2.24. The molecule has 0 aliphatic carbocycles. The molecule has 11 heteroatoms. The van der Waals surface area contributed by atoms with E-state index in [9.17, 15) is 9.18 Å². The first-order chi connectivity index (χ1) is 15.2. The number of nitrogens with zero attached hydrogens (tertiary/aromatic N) is 6. The number of fused-ring (bicyclic) bond motifs is 1. The van der Waals surface area contributed by atoms with Gasteiger partial charge in [-0.05, 0) is 34.6 Å². The third-order valence-corrected chi connectivity index (χ3v) is 5.16. The molecule has 0 spiro atoms. The second-order valence-corrected chi connectivity index (χ2v) is 8.80. The molecule has 4 heterocycles. The predicted molar refractivity (Wildman–Crippen MR) is 117 cm³/mol. The number of imidazole rings is 1. The number of hydrogen-bond acceptors (Lipinski definition) is 8. The zero-order valence-electron chi connectivity index (χ0n) is 18.9. The molecule has 2 unspecified atom stereocenters. The number of alkyl halides is 1. The molecule has 172 valence electrons. The molecule has 0 radical (unpaired) electrons. The smallest absolute Gasteiger partial charge is 0.410 e. The van der Waals surface area contributed by atoms with Gasteiger partial charge >= 0.3 is 6.09 Å². The molecule has 0 aromatic carbocycles. The summed E-state index contributed by atoms with van der Waals surface area (Å²) in [4.78, 5) is 31.3. The summed E-state index contributed by atoms with van der Waals surface area (Å²) < 4.78 is 27.9.